The summed E-state index contributed by atoms with van der Waals surface area (Å²) in [6, 6.07) is 1.68. The molecule has 2 N–H and O–H groups in total. The third-order valence-corrected chi connectivity index (χ3v) is 0.374. The molecule has 0 amide bonds. The van der Waals surface area contributed by atoms with Crippen LogP contribution in [0.5, 0.6) is 0 Å². The predicted molar refractivity (Wildman–Crippen MR) is 24.9 cm³/mol. The highest BCUT2D eigenvalue weighted by Crippen LogP contribution is 1.76. The zero-order valence-corrected chi connectivity index (χ0v) is 4.01. The molecule has 3 nitrogen and oxygen atoms in total. The van der Waals surface area contributed by atoms with Crippen molar-refractivity contribution in [1.29, 1.82) is 5.26 Å². The van der Waals surface area contributed by atoms with Gasteiger partial charge in [-0.2, -0.15) is 5.26 Å². The van der Waals surface area contributed by atoms with Crippen LogP contribution in [0.15, 0.2) is 12.0 Å². The van der Waals surface area contributed by atoms with Crippen molar-refractivity contribution in [3.05, 3.63) is 12.0 Å². The summed E-state index contributed by atoms with van der Waals surface area (Å²) in [6.07, 6.45) is 1.18. The van der Waals surface area contributed by atoms with Crippen LogP contribution in [0.2, 0.25) is 0 Å². The van der Waals surface area contributed by atoms with E-state index in [2.05, 4.69) is 4.74 Å². The molecule has 0 aromatic rings. The summed E-state index contributed by atoms with van der Waals surface area (Å²) in [5.41, 5.74) is 5.04. The van der Waals surface area contributed by atoms with Gasteiger partial charge in [-0.05, 0) is 0 Å². The van der Waals surface area contributed by atoms with Crippen molar-refractivity contribution < 1.29 is 4.74 Å². The number of hydrogen-bond donors (Lipinski definition) is 1. The zero-order chi connectivity index (χ0) is 5.70. The number of ether oxygens (including phenoxy) is 1. The van der Waals surface area contributed by atoms with Crippen molar-refractivity contribution in [1.82, 2.24) is 0 Å². The highest BCUT2D eigenvalue weighted by Gasteiger charge is 1.77. The monoisotopic (exact) mass is 98.0 g/mol. The number of rotatable bonds is 1. The topological polar surface area (TPSA) is 59.0 Å². The van der Waals surface area contributed by atoms with E-state index in [0.29, 0.717) is 0 Å². The maximum Gasteiger partial charge on any atom is 0.145 e. The van der Waals surface area contributed by atoms with Gasteiger partial charge in [0.25, 0.3) is 0 Å². The Labute approximate surface area is 42.0 Å². The second-order valence-corrected chi connectivity index (χ2v) is 0.921. The molecule has 0 aliphatic rings. The Bertz CT molecular complexity index is 111. The zero-order valence-electron chi connectivity index (χ0n) is 4.01. The van der Waals surface area contributed by atoms with Crippen LogP contribution in [0.1, 0.15) is 0 Å². The predicted octanol–water partition coefficient (Wildman–Crippen LogP) is -0.0435. The van der Waals surface area contributed by atoms with Gasteiger partial charge in [-0.15, -0.1) is 0 Å². The van der Waals surface area contributed by atoms with Gasteiger partial charge in [-0.25, -0.2) is 0 Å². The fraction of sp³-hybridized carbons (Fsp3) is 0.250. The summed E-state index contributed by atoms with van der Waals surface area (Å²) in [6.45, 7) is 0. The van der Waals surface area contributed by atoms with Crippen molar-refractivity contribution in [3.63, 3.8) is 0 Å². The molecule has 0 bridgehead atoms. The Morgan fingerprint density at radius 1 is 2.00 bits per heavy atom. The van der Waals surface area contributed by atoms with Gasteiger partial charge < -0.3 is 10.5 Å². The highest BCUT2D eigenvalue weighted by atomic mass is 16.5. The molecule has 0 aliphatic carbocycles. The van der Waals surface area contributed by atoms with Crippen LogP contribution >= 0.6 is 0 Å². The first-order chi connectivity index (χ1) is 3.31. The van der Waals surface area contributed by atoms with Gasteiger partial charge in [0.2, 0.25) is 0 Å². The van der Waals surface area contributed by atoms with Gasteiger partial charge in [0.1, 0.15) is 18.0 Å². The Kier molecular flexibility index (Phi) is 2.53. The van der Waals surface area contributed by atoms with E-state index in [1.54, 1.807) is 6.07 Å². The molecule has 0 radical (unpaired) electrons. The molecule has 0 saturated heterocycles. The SMILES string of the molecule is COC=C(N)C#N. The van der Waals surface area contributed by atoms with E-state index in [0.717, 1.165) is 0 Å². The van der Waals surface area contributed by atoms with Crippen LogP contribution in [0.4, 0.5) is 0 Å². The average molecular weight is 98.1 g/mol. The summed E-state index contributed by atoms with van der Waals surface area (Å²) in [7, 11) is 1.43. The first kappa shape index (κ1) is 5.83. The largest absolute Gasteiger partial charge is 0.501 e. The molecule has 0 heterocycles. The normalized spacial score (nSPS) is 10.0. The van der Waals surface area contributed by atoms with Gasteiger partial charge in [0, 0.05) is 0 Å². The number of nitrogens with zero attached hydrogens (tertiary/aromatic N) is 1. The Balaban J connectivity index is 3.57. The molecule has 0 fully saturated rings. The van der Waals surface area contributed by atoms with Crippen LogP contribution in [0, 0.1) is 11.3 Å². The molecule has 0 aromatic heterocycles. The lowest BCUT2D eigenvalue weighted by Gasteiger charge is -1.83. The summed E-state index contributed by atoms with van der Waals surface area (Å²) >= 11 is 0. The van der Waals surface area contributed by atoms with Gasteiger partial charge in [-0.3, -0.25) is 0 Å². The minimum Gasteiger partial charge on any atom is -0.501 e. The molecule has 0 rings (SSSR count). The van der Waals surface area contributed by atoms with Crippen LogP contribution in [-0.2, 0) is 4.74 Å². The second kappa shape index (κ2) is 3.04. The standard InChI is InChI=1S/C4H6N2O/c1-7-3-4(6)2-5/h3H,6H2,1H3. The lowest BCUT2D eigenvalue weighted by molar-refractivity contribution is 0.335. The Hall–Kier alpha value is -1.17. The fourth-order valence-corrected chi connectivity index (χ4v) is 0.153. The molecule has 7 heavy (non-hydrogen) atoms. The van der Waals surface area contributed by atoms with Crippen molar-refractivity contribution in [2.24, 2.45) is 5.73 Å². The number of allylic oxidation sites excluding steroid dienone is 1. The molecule has 0 atom stereocenters. The van der Waals surface area contributed by atoms with E-state index in [1.165, 1.54) is 13.4 Å². The second-order valence-electron chi connectivity index (χ2n) is 0.921. The molecule has 0 unspecified atom stereocenters. The number of methoxy groups -OCH3 is 1. The van der Waals surface area contributed by atoms with Gasteiger partial charge >= 0.3 is 0 Å². The van der Waals surface area contributed by atoms with Gasteiger partial charge in [0.05, 0.1) is 7.11 Å². The molecular formula is C4H6N2O. The van der Waals surface area contributed by atoms with E-state index >= 15 is 0 Å². The minimum absolute atomic E-state index is 0.0856. The van der Waals surface area contributed by atoms with E-state index in [-0.39, 0.29) is 5.70 Å². The lowest BCUT2D eigenvalue weighted by atomic mass is 10.6. The minimum atomic E-state index is 0.0856. The fourth-order valence-electron chi connectivity index (χ4n) is 0.153. The number of nitrogens with two attached hydrogens (primary N) is 1. The maximum atomic E-state index is 7.94. The van der Waals surface area contributed by atoms with Crippen LogP contribution in [0.25, 0.3) is 0 Å². The Morgan fingerprint density at radius 2 is 2.57 bits per heavy atom. The van der Waals surface area contributed by atoms with Crippen molar-refractivity contribution in [2.75, 3.05) is 7.11 Å². The summed E-state index contributed by atoms with van der Waals surface area (Å²) in [4.78, 5) is 0. The quantitative estimate of drug-likeness (QED) is 0.369. The first-order valence-electron chi connectivity index (χ1n) is 1.69. The molecule has 0 spiro atoms. The smallest absolute Gasteiger partial charge is 0.145 e. The molecule has 0 aromatic carbocycles. The number of nitriles is 1. The third-order valence-electron chi connectivity index (χ3n) is 0.374. The summed E-state index contributed by atoms with van der Waals surface area (Å²) in [5.74, 6) is 0. The van der Waals surface area contributed by atoms with E-state index in [4.69, 9.17) is 11.0 Å². The van der Waals surface area contributed by atoms with Crippen LogP contribution < -0.4 is 5.73 Å². The molecule has 0 aliphatic heterocycles. The molecule has 0 saturated carbocycles. The summed E-state index contributed by atoms with van der Waals surface area (Å²) in [5, 5.41) is 7.94. The van der Waals surface area contributed by atoms with Gasteiger partial charge in [0.15, 0.2) is 0 Å². The van der Waals surface area contributed by atoms with E-state index in [9.17, 15) is 0 Å². The van der Waals surface area contributed by atoms with Crippen LogP contribution in [0.3, 0.4) is 0 Å². The van der Waals surface area contributed by atoms with Crippen LogP contribution in [-0.4, -0.2) is 7.11 Å². The lowest BCUT2D eigenvalue weighted by Crippen LogP contribution is -1.92. The van der Waals surface area contributed by atoms with Crippen molar-refractivity contribution >= 4 is 0 Å². The van der Waals surface area contributed by atoms with E-state index in [1.807, 2.05) is 0 Å². The number of hydrogen-bond acceptors (Lipinski definition) is 3. The van der Waals surface area contributed by atoms with E-state index < -0.39 is 0 Å². The summed E-state index contributed by atoms with van der Waals surface area (Å²) < 4.78 is 4.38. The van der Waals surface area contributed by atoms with Crippen molar-refractivity contribution in [2.45, 2.75) is 0 Å². The first-order valence-corrected chi connectivity index (χ1v) is 1.69. The maximum absolute atomic E-state index is 7.94. The molecule has 38 valence electrons. The average Bonchev–Trinajstić information content (AvgIpc) is 1.68. The molecular weight excluding hydrogens is 92.1 g/mol. The third kappa shape index (κ3) is 2.64. The molecule has 3 heteroatoms. The Morgan fingerprint density at radius 3 is 2.71 bits per heavy atom. The highest BCUT2D eigenvalue weighted by molar-refractivity contribution is 5.12. The van der Waals surface area contributed by atoms with Crippen molar-refractivity contribution in [3.8, 4) is 6.07 Å². The van der Waals surface area contributed by atoms with Gasteiger partial charge in [-0.1, -0.05) is 0 Å².